The summed E-state index contributed by atoms with van der Waals surface area (Å²) in [5, 5.41) is 4.08. The number of aliphatic imine (C=N–C) groups is 1. The number of halogens is 1. The van der Waals surface area contributed by atoms with Crippen LogP contribution in [-0.2, 0) is 0 Å². The van der Waals surface area contributed by atoms with Crippen LogP contribution in [0.4, 0.5) is 0 Å². The molecule has 0 fully saturated rings. The van der Waals surface area contributed by atoms with Crippen LogP contribution in [0, 0.1) is 0 Å². The van der Waals surface area contributed by atoms with E-state index in [1.54, 1.807) is 0 Å². The lowest BCUT2D eigenvalue weighted by Crippen LogP contribution is -2.40. The fraction of sp³-hybridized carbons (Fsp3) is 0.667. The second-order valence-electron chi connectivity index (χ2n) is 3.85. The summed E-state index contributed by atoms with van der Waals surface area (Å²) in [4.78, 5) is 4.37. The first-order valence-electron chi connectivity index (χ1n) is 4.08. The van der Waals surface area contributed by atoms with Crippen LogP contribution in [0.3, 0.4) is 0 Å². The molecule has 0 bridgehead atoms. The Kier molecular flexibility index (Phi) is 2.47. The molecular weight excluding hydrogens is 172 g/mol. The fourth-order valence-electron chi connectivity index (χ4n) is 1.26. The van der Waals surface area contributed by atoms with Crippen molar-refractivity contribution in [3.05, 3.63) is 10.7 Å². The SMILES string of the molecule is CC1=NCC(C)(C)NC(C)=C1Cl. The van der Waals surface area contributed by atoms with Gasteiger partial charge in [-0.3, -0.25) is 4.99 Å². The van der Waals surface area contributed by atoms with Crippen LogP contribution in [-0.4, -0.2) is 17.8 Å². The third-order valence-corrected chi connectivity index (χ3v) is 2.44. The zero-order valence-electron chi connectivity index (χ0n) is 8.03. The van der Waals surface area contributed by atoms with E-state index in [2.05, 4.69) is 24.2 Å². The van der Waals surface area contributed by atoms with Gasteiger partial charge in [0.05, 0.1) is 22.8 Å². The molecule has 0 radical (unpaired) electrons. The Morgan fingerprint density at radius 3 is 2.58 bits per heavy atom. The van der Waals surface area contributed by atoms with E-state index in [1.165, 1.54) is 0 Å². The highest BCUT2D eigenvalue weighted by Crippen LogP contribution is 2.17. The minimum atomic E-state index is 0.0159. The molecule has 0 aromatic rings. The van der Waals surface area contributed by atoms with Gasteiger partial charge >= 0.3 is 0 Å². The first kappa shape index (κ1) is 9.59. The number of rotatable bonds is 0. The number of hydrogen-bond donors (Lipinski definition) is 1. The fourth-order valence-corrected chi connectivity index (χ4v) is 1.37. The molecule has 1 heterocycles. The molecule has 0 aromatic carbocycles. The summed E-state index contributed by atoms with van der Waals surface area (Å²) < 4.78 is 0. The third kappa shape index (κ3) is 2.01. The quantitative estimate of drug-likeness (QED) is 0.617. The topological polar surface area (TPSA) is 24.4 Å². The Balaban J connectivity index is 3.00. The number of nitrogens with one attached hydrogen (secondary N) is 1. The van der Waals surface area contributed by atoms with Crippen LogP contribution >= 0.6 is 11.6 Å². The molecule has 0 amide bonds. The van der Waals surface area contributed by atoms with Gasteiger partial charge in [-0.1, -0.05) is 11.6 Å². The van der Waals surface area contributed by atoms with Crippen LogP contribution in [0.1, 0.15) is 27.7 Å². The largest absolute Gasteiger partial charge is 0.381 e. The van der Waals surface area contributed by atoms with Crippen molar-refractivity contribution in [2.75, 3.05) is 6.54 Å². The maximum atomic E-state index is 6.04. The average molecular weight is 187 g/mol. The Hall–Kier alpha value is -0.500. The zero-order chi connectivity index (χ0) is 9.35. The van der Waals surface area contributed by atoms with E-state index in [0.29, 0.717) is 0 Å². The van der Waals surface area contributed by atoms with Gasteiger partial charge in [0.25, 0.3) is 0 Å². The van der Waals surface area contributed by atoms with Crippen molar-refractivity contribution in [3.63, 3.8) is 0 Å². The van der Waals surface area contributed by atoms with E-state index in [1.807, 2.05) is 13.8 Å². The Morgan fingerprint density at radius 1 is 1.42 bits per heavy atom. The van der Waals surface area contributed by atoms with Gasteiger partial charge in [-0.25, -0.2) is 0 Å². The molecule has 0 aromatic heterocycles. The maximum Gasteiger partial charge on any atom is 0.0799 e. The first-order chi connectivity index (χ1) is 5.42. The molecule has 3 heteroatoms. The van der Waals surface area contributed by atoms with Crippen LogP contribution < -0.4 is 5.32 Å². The van der Waals surface area contributed by atoms with Gasteiger partial charge in [-0.2, -0.15) is 0 Å². The summed E-state index contributed by atoms with van der Waals surface area (Å²) in [7, 11) is 0. The van der Waals surface area contributed by atoms with Gasteiger partial charge in [0.1, 0.15) is 0 Å². The highest BCUT2D eigenvalue weighted by molar-refractivity contribution is 6.43. The smallest absolute Gasteiger partial charge is 0.0799 e. The molecule has 0 atom stereocenters. The number of allylic oxidation sites excluding steroid dienone is 2. The van der Waals surface area contributed by atoms with Crippen molar-refractivity contribution in [2.24, 2.45) is 4.99 Å². The van der Waals surface area contributed by atoms with E-state index in [4.69, 9.17) is 11.6 Å². The van der Waals surface area contributed by atoms with Crippen LogP contribution in [0.2, 0.25) is 0 Å². The molecule has 1 N–H and O–H groups in total. The third-order valence-electron chi connectivity index (χ3n) is 1.88. The van der Waals surface area contributed by atoms with E-state index in [0.717, 1.165) is 23.0 Å². The van der Waals surface area contributed by atoms with Gasteiger partial charge in [0.15, 0.2) is 0 Å². The monoisotopic (exact) mass is 186 g/mol. The van der Waals surface area contributed by atoms with Crippen molar-refractivity contribution >= 4 is 17.3 Å². The summed E-state index contributed by atoms with van der Waals surface area (Å²) in [6.07, 6.45) is 0. The Bertz CT molecular complexity index is 251. The Morgan fingerprint density at radius 2 is 2.00 bits per heavy atom. The minimum absolute atomic E-state index is 0.0159. The lowest BCUT2D eigenvalue weighted by Gasteiger charge is -2.24. The highest BCUT2D eigenvalue weighted by atomic mass is 35.5. The predicted molar refractivity (Wildman–Crippen MR) is 53.7 cm³/mol. The van der Waals surface area contributed by atoms with Crippen LogP contribution in [0.5, 0.6) is 0 Å². The van der Waals surface area contributed by atoms with Gasteiger partial charge in [-0.15, -0.1) is 0 Å². The predicted octanol–water partition coefficient (Wildman–Crippen LogP) is 2.30. The van der Waals surface area contributed by atoms with Crippen molar-refractivity contribution < 1.29 is 0 Å². The van der Waals surface area contributed by atoms with Crippen molar-refractivity contribution in [1.29, 1.82) is 0 Å². The lowest BCUT2D eigenvalue weighted by molar-refractivity contribution is 0.444. The van der Waals surface area contributed by atoms with E-state index >= 15 is 0 Å². The van der Waals surface area contributed by atoms with Gasteiger partial charge in [0, 0.05) is 5.70 Å². The molecule has 1 aliphatic rings. The normalized spacial score (nSPS) is 22.9. The summed E-state index contributed by atoms with van der Waals surface area (Å²) in [5.41, 5.74) is 1.95. The van der Waals surface area contributed by atoms with E-state index < -0.39 is 0 Å². The molecule has 2 nitrogen and oxygen atoms in total. The lowest BCUT2D eigenvalue weighted by atomic mass is 10.1. The van der Waals surface area contributed by atoms with Crippen LogP contribution in [0.15, 0.2) is 15.7 Å². The molecule has 0 saturated carbocycles. The molecule has 1 aliphatic heterocycles. The summed E-state index contributed by atoms with van der Waals surface area (Å²) in [6, 6.07) is 0. The van der Waals surface area contributed by atoms with Gasteiger partial charge in [-0.05, 0) is 27.7 Å². The second-order valence-corrected chi connectivity index (χ2v) is 4.23. The summed E-state index contributed by atoms with van der Waals surface area (Å²) in [6.45, 7) is 8.92. The first-order valence-corrected chi connectivity index (χ1v) is 4.46. The van der Waals surface area contributed by atoms with Crippen molar-refractivity contribution in [1.82, 2.24) is 5.32 Å². The standard InChI is InChI=1S/C9H15ClN2/c1-6-8(10)7(2)12-9(3,4)5-11-6/h12H,5H2,1-4H3. The minimum Gasteiger partial charge on any atom is -0.381 e. The van der Waals surface area contributed by atoms with E-state index in [-0.39, 0.29) is 5.54 Å². The van der Waals surface area contributed by atoms with Gasteiger partial charge in [0.2, 0.25) is 0 Å². The zero-order valence-corrected chi connectivity index (χ0v) is 8.79. The summed E-state index contributed by atoms with van der Waals surface area (Å²) >= 11 is 6.04. The molecule has 0 saturated heterocycles. The average Bonchev–Trinajstić information content (AvgIpc) is 2.03. The van der Waals surface area contributed by atoms with Crippen LogP contribution in [0.25, 0.3) is 0 Å². The second kappa shape index (κ2) is 3.09. The molecular formula is C9H15ClN2. The molecule has 0 spiro atoms. The van der Waals surface area contributed by atoms with E-state index in [9.17, 15) is 0 Å². The molecule has 68 valence electrons. The van der Waals surface area contributed by atoms with Crippen molar-refractivity contribution in [2.45, 2.75) is 33.2 Å². The van der Waals surface area contributed by atoms with Crippen molar-refractivity contribution in [3.8, 4) is 0 Å². The molecule has 12 heavy (non-hydrogen) atoms. The number of nitrogens with zero attached hydrogens (tertiary/aromatic N) is 1. The Labute approximate surface area is 78.7 Å². The molecule has 1 rings (SSSR count). The number of hydrogen-bond acceptors (Lipinski definition) is 2. The summed E-state index contributed by atoms with van der Waals surface area (Å²) in [5.74, 6) is 0. The molecule has 0 aliphatic carbocycles. The molecule has 0 unspecified atom stereocenters. The highest BCUT2D eigenvalue weighted by Gasteiger charge is 2.21. The maximum absolute atomic E-state index is 6.04. The van der Waals surface area contributed by atoms with Gasteiger partial charge < -0.3 is 5.32 Å².